The first kappa shape index (κ1) is 20.9. The zero-order valence-electron chi connectivity index (χ0n) is 17.5. The molecule has 1 aliphatic rings. The van der Waals surface area contributed by atoms with Gasteiger partial charge in [0.25, 0.3) is 0 Å². The van der Waals surface area contributed by atoms with E-state index in [0.717, 1.165) is 106 Å². The standard InChI is InChI=1S/C24H34O4/c1-3-5-9-13-17-19(15-10-6-4-2)23(25)28-22-18-14-11-7-8-12-16-20(18)24(26)27-21(17)22/h3-16H2,1-2H3. The molecule has 0 N–H and O–H groups in total. The lowest BCUT2D eigenvalue weighted by Crippen LogP contribution is -2.18. The van der Waals surface area contributed by atoms with Gasteiger partial charge in [0.1, 0.15) is 0 Å². The van der Waals surface area contributed by atoms with Crippen molar-refractivity contribution in [2.75, 3.05) is 0 Å². The second kappa shape index (κ2) is 10.1. The van der Waals surface area contributed by atoms with Crippen molar-refractivity contribution in [1.82, 2.24) is 0 Å². The van der Waals surface area contributed by atoms with Gasteiger partial charge in [0.15, 0.2) is 11.2 Å². The van der Waals surface area contributed by atoms with E-state index in [1.807, 2.05) is 0 Å². The summed E-state index contributed by atoms with van der Waals surface area (Å²) in [6, 6.07) is 0. The summed E-state index contributed by atoms with van der Waals surface area (Å²) in [7, 11) is 0. The molecule has 2 aromatic rings. The van der Waals surface area contributed by atoms with Crippen molar-refractivity contribution in [2.45, 2.75) is 104 Å². The topological polar surface area (TPSA) is 60.4 Å². The molecular weight excluding hydrogens is 352 g/mol. The monoisotopic (exact) mass is 386 g/mol. The van der Waals surface area contributed by atoms with Crippen molar-refractivity contribution < 1.29 is 8.83 Å². The summed E-state index contributed by atoms with van der Waals surface area (Å²) in [5, 5.41) is 0. The fraction of sp³-hybridized carbons (Fsp3) is 0.667. The van der Waals surface area contributed by atoms with Gasteiger partial charge >= 0.3 is 11.3 Å². The van der Waals surface area contributed by atoms with E-state index in [0.29, 0.717) is 17.6 Å². The molecular formula is C24H34O4. The first-order chi connectivity index (χ1) is 13.7. The fourth-order valence-electron chi connectivity index (χ4n) is 4.41. The number of aryl methyl sites for hydroxylation is 2. The summed E-state index contributed by atoms with van der Waals surface area (Å²) in [5.41, 5.74) is 3.96. The van der Waals surface area contributed by atoms with Crippen molar-refractivity contribution in [3.05, 3.63) is 43.1 Å². The zero-order chi connectivity index (χ0) is 19.9. The molecule has 0 fully saturated rings. The van der Waals surface area contributed by atoms with Crippen molar-refractivity contribution in [3.8, 4) is 0 Å². The molecule has 4 heteroatoms. The Labute approximate surface area is 167 Å². The van der Waals surface area contributed by atoms with Gasteiger partial charge in [0, 0.05) is 22.3 Å². The van der Waals surface area contributed by atoms with E-state index in [2.05, 4.69) is 13.8 Å². The molecule has 0 aliphatic heterocycles. The van der Waals surface area contributed by atoms with Crippen molar-refractivity contribution in [2.24, 2.45) is 0 Å². The van der Waals surface area contributed by atoms with Crippen LogP contribution in [0.5, 0.6) is 0 Å². The van der Waals surface area contributed by atoms with Gasteiger partial charge in [-0.2, -0.15) is 0 Å². The average molecular weight is 387 g/mol. The second-order valence-electron chi connectivity index (χ2n) is 8.18. The zero-order valence-corrected chi connectivity index (χ0v) is 17.5. The number of rotatable bonds is 8. The van der Waals surface area contributed by atoms with Crippen LogP contribution < -0.4 is 11.3 Å². The number of hydrogen-bond acceptors (Lipinski definition) is 4. The summed E-state index contributed by atoms with van der Waals surface area (Å²) in [6.45, 7) is 4.32. The Morgan fingerprint density at radius 3 is 1.86 bits per heavy atom. The van der Waals surface area contributed by atoms with Gasteiger partial charge in [-0.15, -0.1) is 0 Å². The molecule has 3 rings (SSSR count). The quantitative estimate of drug-likeness (QED) is 0.532. The number of hydrogen-bond donors (Lipinski definition) is 0. The van der Waals surface area contributed by atoms with E-state index >= 15 is 0 Å². The molecule has 4 nitrogen and oxygen atoms in total. The molecule has 0 spiro atoms. The summed E-state index contributed by atoms with van der Waals surface area (Å²) in [4.78, 5) is 25.7. The lowest BCUT2D eigenvalue weighted by atomic mass is 9.92. The van der Waals surface area contributed by atoms with Crippen LogP contribution in [0.2, 0.25) is 0 Å². The van der Waals surface area contributed by atoms with Gasteiger partial charge < -0.3 is 8.83 Å². The third-order valence-electron chi connectivity index (χ3n) is 6.03. The Hall–Kier alpha value is -1.84. The third kappa shape index (κ3) is 4.59. The Balaban J connectivity index is 2.17. The number of unbranched alkanes of at least 4 members (excludes halogenated alkanes) is 4. The molecule has 0 saturated heterocycles. The van der Waals surface area contributed by atoms with Gasteiger partial charge in [-0.3, -0.25) is 0 Å². The van der Waals surface area contributed by atoms with Gasteiger partial charge in [0.2, 0.25) is 0 Å². The minimum absolute atomic E-state index is 0.227. The Kier molecular flexibility index (Phi) is 7.52. The minimum atomic E-state index is -0.229. The van der Waals surface area contributed by atoms with E-state index in [4.69, 9.17) is 8.83 Å². The van der Waals surface area contributed by atoms with Crippen LogP contribution in [0.1, 0.15) is 100 Å². The third-order valence-corrected chi connectivity index (χ3v) is 6.03. The van der Waals surface area contributed by atoms with Gasteiger partial charge in [-0.25, -0.2) is 9.59 Å². The van der Waals surface area contributed by atoms with Gasteiger partial charge in [-0.1, -0.05) is 52.4 Å². The molecule has 1 aliphatic carbocycles. The van der Waals surface area contributed by atoms with Crippen LogP contribution >= 0.6 is 0 Å². The molecule has 0 radical (unpaired) electrons. The Bertz CT molecular complexity index is 903. The Morgan fingerprint density at radius 1 is 0.643 bits per heavy atom. The smallest absolute Gasteiger partial charge is 0.339 e. The number of fused-ring (bicyclic) bond motifs is 3. The predicted octanol–water partition coefficient (Wildman–Crippen LogP) is 5.87. The Morgan fingerprint density at radius 2 is 1.21 bits per heavy atom. The highest BCUT2D eigenvalue weighted by molar-refractivity contribution is 5.79. The molecule has 28 heavy (non-hydrogen) atoms. The summed E-state index contributed by atoms with van der Waals surface area (Å²) < 4.78 is 11.7. The lowest BCUT2D eigenvalue weighted by Gasteiger charge is -2.16. The van der Waals surface area contributed by atoms with E-state index in [1.165, 1.54) is 0 Å². The largest absolute Gasteiger partial charge is 0.419 e. The molecule has 0 saturated carbocycles. The predicted molar refractivity (Wildman–Crippen MR) is 113 cm³/mol. The molecule has 0 aromatic carbocycles. The molecule has 154 valence electrons. The highest BCUT2D eigenvalue weighted by atomic mass is 16.4. The minimum Gasteiger partial charge on any atom is -0.419 e. The molecule has 2 aromatic heterocycles. The first-order valence-corrected chi connectivity index (χ1v) is 11.3. The van der Waals surface area contributed by atoms with E-state index in [9.17, 15) is 9.59 Å². The van der Waals surface area contributed by atoms with E-state index in [-0.39, 0.29) is 11.3 Å². The van der Waals surface area contributed by atoms with Gasteiger partial charge in [-0.05, 0) is 51.4 Å². The molecule has 2 heterocycles. The van der Waals surface area contributed by atoms with E-state index < -0.39 is 0 Å². The fourth-order valence-corrected chi connectivity index (χ4v) is 4.41. The van der Waals surface area contributed by atoms with Gasteiger partial charge in [0.05, 0.1) is 0 Å². The van der Waals surface area contributed by atoms with Crippen LogP contribution in [-0.4, -0.2) is 0 Å². The maximum atomic E-state index is 12.9. The lowest BCUT2D eigenvalue weighted by molar-refractivity contribution is 0.481. The molecule has 0 amide bonds. The van der Waals surface area contributed by atoms with Crippen LogP contribution in [0.3, 0.4) is 0 Å². The van der Waals surface area contributed by atoms with Crippen molar-refractivity contribution in [1.29, 1.82) is 0 Å². The van der Waals surface area contributed by atoms with Crippen molar-refractivity contribution >= 4 is 11.2 Å². The molecule has 0 bridgehead atoms. The van der Waals surface area contributed by atoms with Crippen LogP contribution in [0, 0.1) is 0 Å². The van der Waals surface area contributed by atoms with Crippen LogP contribution in [0.15, 0.2) is 18.4 Å². The van der Waals surface area contributed by atoms with Crippen LogP contribution in [0.4, 0.5) is 0 Å². The highest BCUT2D eigenvalue weighted by Crippen LogP contribution is 2.29. The average Bonchev–Trinajstić information content (AvgIpc) is 2.65. The summed E-state index contributed by atoms with van der Waals surface area (Å²) >= 11 is 0. The highest BCUT2D eigenvalue weighted by Gasteiger charge is 2.23. The molecule has 0 atom stereocenters. The maximum absolute atomic E-state index is 12.9. The van der Waals surface area contributed by atoms with Crippen LogP contribution in [0.25, 0.3) is 11.2 Å². The molecule has 0 unspecified atom stereocenters. The SMILES string of the molecule is CCCCCc1c(CCCCC)c2oc(=O)c3c(c2oc1=O)CCCCCC3. The van der Waals surface area contributed by atoms with E-state index in [1.54, 1.807) is 0 Å². The van der Waals surface area contributed by atoms with Crippen LogP contribution in [-0.2, 0) is 25.7 Å². The van der Waals surface area contributed by atoms with Crippen molar-refractivity contribution in [3.63, 3.8) is 0 Å². The second-order valence-corrected chi connectivity index (χ2v) is 8.18. The normalized spacial score (nSPS) is 14.6. The maximum Gasteiger partial charge on any atom is 0.339 e. The first-order valence-electron chi connectivity index (χ1n) is 11.3. The summed E-state index contributed by atoms with van der Waals surface area (Å²) in [6.07, 6.45) is 13.7. The summed E-state index contributed by atoms with van der Waals surface area (Å²) in [5.74, 6) is 0.